The molecule has 3 rings (SSSR count). The maximum Gasteiger partial charge on any atom is 0.343 e. The lowest BCUT2D eigenvalue weighted by atomic mass is 10.3. The Labute approximate surface area is 124 Å². The number of hydrogen-bond donors (Lipinski definition) is 1. The van der Waals surface area contributed by atoms with Crippen LogP contribution in [0.1, 0.15) is 4.88 Å². The SMILES string of the molecule is CN(C)c1ncc(-c2ccc(Cn3cn[nH]c3=O)s2)cn1. The van der Waals surface area contributed by atoms with Crippen LogP contribution in [-0.4, -0.2) is 38.8 Å². The molecule has 0 saturated heterocycles. The zero-order chi connectivity index (χ0) is 14.8. The van der Waals surface area contributed by atoms with Gasteiger partial charge >= 0.3 is 5.69 Å². The van der Waals surface area contributed by atoms with Crippen LogP contribution in [0.3, 0.4) is 0 Å². The molecule has 3 aromatic rings. The molecular weight excluding hydrogens is 288 g/mol. The van der Waals surface area contributed by atoms with Crippen molar-refractivity contribution in [3.05, 3.63) is 46.2 Å². The third kappa shape index (κ3) is 2.84. The molecular formula is C13H14N6OS. The van der Waals surface area contributed by atoms with Crippen LogP contribution in [0.2, 0.25) is 0 Å². The highest BCUT2D eigenvalue weighted by atomic mass is 32.1. The van der Waals surface area contributed by atoms with Crippen LogP contribution < -0.4 is 10.6 Å². The molecule has 3 heterocycles. The van der Waals surface area contributed by atoms with Gasteiger partial charge in [0.1, 0.15) is 6.33 Å². The van der Waals surface area contributed by atoms with E-state index in [-0.39, 0.29) is 5.69 Å². The van der Waals surface area contributed by atoms with E-state index in [0.717, 1.165) is 15.3 Å². The number of aromatic nitrogens is 5. The van der Waals surface area contributed by atoms with Crippen molar-refractivity contribution >= 4 is 17.3 Å². The standard InChI is InChI=1S/C13H14N6OS/c1-18(2)12-14-5-9(6-15-12)11-4-3-10(21-11)7-19-8-16-17-13(19)20/h3-6,8H,7H2,1-2H3,(H,17,20). The van der Waals surface area contributed by atoms with Crippen LogP contribution in [0.4, 0.5) is 5.95 Å². The predicted molar refractivity (Wildman–Crippen MR) is 81.6 cm³/mol. The van der Waals surface area contributed by atoms with Gasteiger partial charge in [0.05, 0.1) is 6.54 Å². The van der Waals surface area contributed by atoms with Gasteiger partial charge in [-0.15, -0.1) is 11.3 Å². The van der Waals surface area contributed by atoms with Gasteiger partial charge in [0.25, 0.3) is 0 Å². The first-order valence-corrected chi connectivity index (χ1v) is 7.13. The molecule has 3 aromatic heterocycles. The van der Waals surface area contributed by atoms with E-state index in [1.807, 2.05) is 43.5 Å². The molecule has 0 aliphatic carbocycles. The summed E-state index contributed by atoms with van der Waals surface area (Å²) in [6.45, 7) is 0.511. The predicted octanol–water partition coefficient (Wildman–Crippen LogP) is 1.20. The van der Waals surface area contributed by atoms with Crippen LogP contribution in [0.25, 0.3) is 10.4 Å². The van der Waals surface area contributed by atoms with Crippen molar-refractivity contribution in [3.63, 3.8) is 0 Å². The third-order valence-corrected chi connectivity index (χ3v) is 4.05. The molecule has 0 unspecified atom stereocenters. The summed E-state index contributed by atoms with van der Waals surface area (Å²) in [5.41, 5.74) is 0.764. The summed E-state index contributed by atoms with van der Waals surface area (Å²) in [6.07, 6.45) is 5.11. The van der Waals surface area contributed by atoms with E-state index < -0.39 is 0 Å². The highest BCUT2D eigenvalue weighted by Crippen LogP contribution is 2.27. The van der Waals surface area contributed by atoms with Gasteiger partial charge in [-0.3, -0.25) is 4.57 Å². The van der Waals surface area contributed by atoms with Crippen molar-refractivity contribution < 1.29 is 0 Å². The lowest BCUT2D eigenvalue weighted by molar-refractivity contribution is 0.772. The molecule has 0 radical (unpaired) electrons. The lowest BCUT2D eigenvalue weighted by Gasteiger charge is -2.09. The van der Waals surface area contributed by atoms with Crippen LogP contribution in [0.5, 0.6) is 0 Å². The minimum atomic E-state index is -0.205. The maximum atomic E-state index is 11.4. The van der Waals surface area contributed by atoms with Crippen molar-refractivity contribution in [2.45, 2.75) is 6.54 Å². The van der Waals surface area contributed by atoms with E-state index in [2.05, 4.69) is 20.2 Å². The van der Waals surface area contributed by atoms with E-state index >= 15 is 0 Å². The van der Waals surface area contributed by atoms with Crippen molar-refractivity contribution in [3.8, 4) is 10.4 Å². The van der Waals surface area contributed by atoms with Crippen LogP contribution in [0.15, 0.2) is 35.6 Å². The van der Waals surface area contributed by atoms with E-state index in [1.54, 1.807) is 11.3 Å². The molecule has 0 spiro atoms. The van der Waals surface area contributed by atoms with Gasteiger partial charge in [-0.05, 0) is 12.1 Å². The normalized spacial score (nSPS) is 10.8. The van der Waals surface area contributed by atoms with Gasteiger partial charge in [-0.25, -0.2) is 19.9 Å². The quantitative estimate of drug-likeness (QED) is 0.783. The monoisotopic (exact) mass is 302 g/mol. The molecule has 0 saturated carbocycles. The third-order valence-electron chi connectivity index (χ3n) is 2.93. The topological polar surface area (TPSA) is 79.7 Å². The summed E-state index contributed by atoms with van der Waals surface area (Å²) in [6, 6.07) is 4.01. The molecule has 0 amide bonds. The highest BCUT2D eigenvalue weighted by Gasteiger charge is 2.07. The number of aromatic amines is 1. The van der Waals surface area contributed by atoms with E-state index in [9.17, 15) is 4.79 Å². The Morgan fingerprint density at radius 2 is 2.05 bits per heavy atom. The Kier molecular flexibility index (Phi) is 3.53. The molecule has 0 aliphatic heterocycles. The number of H-pyrrole nitrogens is 1. The molecule has 0 fully saturated rings. The summed E-state index contributed by atoms with van der Waals surface area (Å²) >= 11 is 1.61. The molecule has 7 nitrogen and oxygen atoms in total. The van der Waals surface area contributed by atoms with Crippen molar-refractivity contribution in [2.75, 3.05) is 19.0 Å². The number of nitrogens with one attached hydrogen (secondary N) is 1. The number of nitrogens with zero attached hydrogens (tertiary/aromatic N) is 5. The van der Waals surface area contributed by atoms with Crippen LogP contribution >= 0.6 is 11.3 Å². The van der Waals surface area contributed by atoms with Crippen molar-refractivity contribution in [1.29, 1.82) is 0 Å². The Balaban J connectivity index is 1.81. The number of hydrogen-bond acceptors (Lipinski definition) is 6. The van der Waals surface area contributed by atoms with Gasteiger partial charge in [0.15, 0.2) is 0 Å². The summed E-state index contributed by atoms with van der Waals surface area (Å²) in [4.78, 5) is 24.0. The van der Waals surface area contributed by atoms with Gasteiger partial charge in [0.2, 0.25) is 5.95 Å². The summed E-state index contributed by atoms with van der Waals surface area (Å²) < 4.78 is 1.53. The molecule has 108 valence electrons. The lowest BCUT2D eigenvalue weighted by Crippen LogP contribution is -2.16. The zero-order valence-electron chi connectivity index (χ0n) is 11.6. The molecule has 0 aromatic carbocycles. The first kappa shape index (κ1) is 13.5. The molecule has 1 N–H and O–H groups in total. The van der Waals surface area contributed by atoms with Crippen LogP contribution in [0, 0.1) is 0 Å². The minimum absolute atomic E-state index is 0.205. The van der Waals surface area contributed by atoms with E-state index in [4.69, 9.17) is 0 Å². The van der Waals surface area contributed by atoms with Gasteiger partial charge in [-0.1, -0.05) is 0 Å². The summed E-state index contributed by atoms with van der Waals surface area (Å²) in [7, 11) is 3.81. The fourth-order valence-electron chi connectivity index (χ4n) is 1.85. The highest BCUT2D eigenvalue weighted by molar-refractivity contribution is 7.15. The number of anilines is 1. The first-order chi connectivity index (χ1) is 10.1. The second-order valence-corrected chi connectivity index (χ2v) is 5.89. The van der Waals surface area contributed by atoms with Gasteiger partial charge in [0, 0.05) is 41.8 Å². The number of rotatable bonds is 4. The summed E-state index contributed by atoms with van der Waals surface area (Å²) in [5.74, 6) is 0.681. The Hall–Kier alpha value is -2.48. The second-order valence-electron chi connectivity index (χ2n) is 4.72. The Morgan fingerprint density at radius 1 is 1.29 bits per heavy atom. The first-order valence-electron chi connectivity index (χ1n) is 6.32. The molecule has 0 bridgehead atoms. The summed E-state index contributed by atoms with van der Waals surface area (Å²) in [5, 5.41) is 6.10. The zero-order valence-corrected chi connectivity index (χ0v) is 12.5. The van der Waals surface area contributed by atoms with Gasteiger partial charge in [-0.2, -0.15) is 5.10 Å². The molecule has 0 aliphatic rings. The van der Waals surface area contributed by atoms with Gasteiger partial charge < -0.3 is 4.90 Å². The Bertz CT molecular complexity index is 785. The number of thiophene rings is 1. The van der Waals surface area contributed by atoms with Crippen molar-refractivity contribution in [1.82, 2.24) is 24.7 Å². The molecule has 8 heteroatoms. The average molecular weight is 302 g/mol. The molecule has 0 atom stereocenters. The maximum absolute atomic E-state index is 11.4. The molecule has 21 heavy (non-hydrogen) atoms. The smallest absolute Gasteiger partial charge is 0.343 e. The van der Waals surface area contributed by atoms with Crippen LogP contribution in [-0.2, 0) is 6.54 Å². The van der Waals surface area contributed by atoms with Crippen molar-refractivity contribution in [2.24, 2.45) is 0 Å². The fourth-order valence-corrected chi connectivity index (χ4v) is 2.83. The van der Waals surface area contributed by atoms with E-state index in [0.29, 0.717) is 12.5 Å². The average Bonchev–Trinajstić information content (AvgIpc) is 3.10. The Morgan fingerprint density at radius 3 is 2.67 bits per heavy atom. The fraction of sp³-hybridized carbons (Fsp3) is 0.231. The minimum Gasteiger partial charge on any atom is -0.347 e. The second kappa shape index (κ2) is 5.49. The largest absolute Gasteiger partial charge is 0.347 e. The van der Waals surface area contributed by atoms with E-state index in [1.165, 1.54) is 10.9 Å².